The molecular weight excluding hydrogens is 312 g/mol. The summed E-state index contributed by atoms with van der Waals surface area (Å²) >= 11 is 0. The first-order valence-electron chi connectivity index (χ1n) is 9.13. The third-order valence-electron chi connectivity index (χ3n) is 5.38. The van der Waals surface area contributed by atoms with Crippen LogP contribution in [0.4, 0.5) is 0 Å². The zero-order valence-corrected chi connectivity index (χ0v) is 15.9. The Kier molecular flexibility index (Phi) is 3.85. The van der Waals surface area contributed by atoms with Crippen LogP contribution in [0.3, 0.4) is 0 Å². The molecule has 3 nitrogen and oxygen atoms in total. The van der Waals surface area contributed by atoms with Crippen molar-refractivity contribution < 1.29 is 5.11 Å². The normalized spacial score (nSPS) is 16.3. The molecule has 2 aliphatic carbocycles. The predicted molar refractivity (Wildman–Crippen MR) is 100 cm³/mol. The Bertz CT molecular complexity index is 808. The van der Waals surface area contributed by atoms with Gasteiger partial charge in [-0.3, -0.25) is 9.97 Å². The number of aryl methyl sites for hydroxylation is 4. The van der Waals surface area contributed by atoms with Crippen LogP contribution in [0.5, 0.6) is 0 Å². The van der Waals surface area contributed by atoms with E-state index in [2.05, 4.69) is 31.8 Å². The molecule has 4 heteroatoms. The number of hydrogen-bond donors (Lipinski definition) is 1. The highest BCUT2D eigenvalue weighted by molar-refractivity contribution is 6.89. The van der Waals surface area contributed by atoms with Gasteiger partial charge in [-0.2, -0.15) is 0 Å². The van der Waals surface area contributed by atoms with E-state index in [1.807, 2.05) is 0 Å². The monoisotopic (exact) mass is 338 g/mol. The minimum atomic E-state index is -1.55. The highest BCUT2D eigenvalue weighted by atomic mass is 28.3. The van der Waals surface area contributed by atoms with Gasteiger partial charge in [0.1, 0.15) is 0 Å². The third-order valence-corrected chi connectivity index (χ3v) is 7.38. The van der Waals surface area contributed by atoms with Crippen LogP contribution < -0.4 is 5.19 Å². The van der Waals surface area contributed by atoms with Crippen molar-refractivity contribution in [3.05, 3.63) is 40.2 Å². The summed E-state index contributed by atoms with van der Waals surface area (Å²) in [5.41, 5.74) is 8.14. The summed E-state index contributed by atoms with van der Waals surface area (Å²) in [5, 5.41) is 11.3. The van der Waals surface area contributed by atoms with Gasteiger partial charge < -0.3 is 5.11 Å². The van der Waals surface area contributed by atoms with E-state index in [1.165, 1.54) is 40.5 Å². The van der Waals surface area contributed by atoms with Crippen LogP contribution in [0.15, 0.2) is 12.1 Å². The van der Waals surface area contributed by atoms with Crippen molar-refractivity contribution in [1.82, 2.24) is 9.97 Å². The van der Waals surface area contributed by atoms with E-state index >= 15 is 0 Å². The van der Waals surface area contributed by atoms with Crippen molar-refractivity contribution in [3.63, 3.8) is 0 Å². The Labute approximate surface area is 145 Å². The Balaban J connectivity index is 1.96. The quantitative estimate of drug-likeness (QED) is 0.875. The van der Waals surface area contributed by atoms with Crippen LogP contribution >= 0.6 is 0 Å². The second-order valence-electron chi connectivity index (χ2n) is 8.21. The van der Waals surface area contributed by atoms with Crippen molar-refractivity contribution in [1.29, 1.82) is 0 Å². The maximum atomic E-state index is 9.94. The topological polar surface area (TPSA) is 46.0 Å². The van der Waals surface area contributed by atoms with E-state index in [4.69, 9.17) is 9.97 Å². The van der Waals surface area contributed by atoms with Gasteiger partial charge in [-0.05, 0) is 60.9 Å². The van der Waals surface area contributed by atoms with Gasteiger partial charge in [0.05, 0.1) is 26.1 Å². The fourth-order valence-corrected chi connectivity index (χ4v) is 5.56. The molecule has 0 fully saturated rings. The van der Waals surface area contributed by atoms with Gasteiger partial charge in [-0.15, -0.1) is 0 Å². The maximum absolute atomic E-state index is 9.94. The van der Waals surface area contributed by atoms with Crippen molar-refractivity contribution in [2.45, 2.75) is 64.8 Å². The molecular formula is C20H26N2OSi. The molecule has 2 aliphatic rings. The lowest BCUT2D eigenvalue weighted by Crippen LogP contribution is -2.40. The minimum Gasteiger partial charge on any atom is -0.392 e. The van der Waals surface area contributed by atoms with E-state index in [9.17, 15) is 5.11 Å². The zero-order chi connectivity index (χ0) is 16.9. The molecule has 2 aromatic heterocycles. The Morgan fingerprint density at radius 3 is 2.04 bits per heavy atom. The molecule has 126 valence electrons. The Morgan fingerprint density at radius 2 is 1.46 bits per heavy atom. The van der Waals surface area contributed by atoms with Crippen LogP contribution in [0.2, 0.25) is 19.6 Å². The maximum Gasteiger partial charge on any atom is 0.0943 e. The molecule has 1 N–H and O–H groups in total. The summed E-state index contributed by atoms with van der Waals surface area (Å²) in [7, 11) is -1.55. The lowest BCUT2D eigenvalue weighted by molar-refractivity contribution is 0.282. The van der Waals surface area contributed by atoms with Gasteiger partial charge in [0, 0.05) is 17.0 Å². The van der Waals surface area contributed by atoms with Crippen molar-refractivity contribution >= 4 is 13.3 Å². The molecule has 0 unspecified atom stereocenters. The lowest BCUT2D eigenvalue weighted by atomic mass is 10.1. The van der Waals surface area contributed by atoms with E-state index < -0.39 is 8.07 Å². The highest BCUT2D eigenvalue weighted by Gasteiger charge is 2.28. The SMILES string of the molecule is C[Si](C)(C)c1cc2c(nc1-c1nc3c(cc1CO)CCC3)CCC2. The predicted octanol–water partition coefficient (Wildman–Crippen LogP) is 3.16. The minimum absolute atomic E-state index is 0.0412. The smallest absolute Gasteiger partial charge is 0.0943 e. The zero-order valence-electron chi connectivity index (χ0n) is 14.9. The Hall–Kier alpha value is -1.52. The molecule has 0 bridgehead atoms. The number of pyridine rings is 2. The average Bonchev–Trinajstić information content (AvgIpc) is 3.19. The number of aliphatic hydroxyl groups is 1. The van der Waals surface area contributed by atoms with Crippen LogP contribution in [0.1, 0.15) is 40.9 Å². The van der Waals surface area contributed by atoms with Gasteiger partial charge in [0.2, 0.25) is 0 Å². The summed E-state index contributed by atoms with van der Waals surface area (Å²) < 4.78 is 0. The molecule has 0 radical (unpaired) electrons. The van der Waals surface area contributed by atoms with E-state index in [1.54, 1.807) is 0 Å². The molecule has 4 rings (SSSR count). The fourth-order valence-electron chi connectivity index (χ4n) is 4.07. The summed E-state index contributed by atoms with van der Waals surface area (Å²) in [5.74, 6) is 0. The summed E-state index contributed by atoms with van der Waals surface area (Å²) in [6.45, 7) is 7.17. The Morgan fingerprint density at radius 1 is 0.875 bits per heavy atom. The lowest BCUT2D eigenvalue weighted by Gasteiger charge is -2.23. The summed E-state index contributed by atoms with van der Waals surface area (Å²) in [6.07, 6.45) is 6.77. The van der Waals surface area contributed by atoms with Crippen molar-refractivity contribution in [2.24, 2.45) is 0 Å². The number of aliphatic hydroxyl groups excluding tert-OH is 1. The highest BCUT2D eigenvalue weighted by Crippen LogP contribution is 2.30. The molecule has 24 heavy (non-hydrogen) atoms. The van der Waals surface area contributed by atoms with Crippen LogP contribution in [-0.2, 0) is 32.3 Å². The molecule has 0 atom stereocenters. The van der Waals surface area contributed by atoms with Gasteiger partial charge in [0.15, 0.2) is 0 Å². The summed E-state index contributed by atoms with van der Waals surface area (Å²) in [6, 6.07) is 4.58. The van der Waals surface area contributed by atoms with Gasteiger partial charge in [-0.1, -0.05) is 25.7 Å². The van der Waals surface area contributed by atoms with E-state index in [-0.39, 0.29) is 6.61 Å². The number of aromatic nitrogens is 2. The average molecular weight is 339 g/mol. The van der Waals surface area contributed by atoms with Gasteiger partial charge in [0.25, 0.3) is 0 Å². The number of rotatable bonds is 3. The van der Waals surface area contributed by atoms with Crippen LogP contribution in [-0.4, -0.2) is 23.1 Å². The largest absolute Gasteiger partial charge is 0.392 e. The molecule has 0 aromatic carbocycles. The standard InChI is InChI=1S/C20H26N2OSi/c1-24(2,3)18-11-14-7-5-9-17(14)22-20(18)19-15(12-23)10-13-6-4-8-16(13)21-19/h10-11,23H,4-9,12H2,1-3H3. The first-order chi connectivity index (χ1) is 11.5. The van der Waals surface area contributed by atoms with Crippen molar-refractivity contribution in [3.8, 4) is 11.4 Å². The van der Waals surface area contributed by atoms with Crippen LogP contribution in [0, 0.1) is 0 Å². The first kappa shape index (κ1) is 16.0. The van der Waals surface area contributed by atoms with Gasteiger partial charge in [-0.25, -0.2) is 0 Å². The molecule has 0 amide bonds. The van der Waals surface area contributed by atoms with Crippen molar-refractivity contribution in [2.75, 3.05) is 0 Å². The first-order valence-corrected chi connectivity index (χ1v) is 12.6. The molecule has 2 heterocycles. The molecule has 0 saturated carbocycles. The van der Waals surface area contributed by atoms with E-state index in [0.717, 1.165) is 42.6 Å². The molecule has 0 aliphatic heterocycles. The third kappa shape index (κ3) is 2.62. The molecule has 2 aromatic rings. The number of fused-ring (bicyclic) bond motifs is 2. The van der Waals surface area contributed by atoms with Crippen LogP contribution in [0.25, 0.3) is 11.4 Å². The molecule has 0 spiro atoms. The summed E-state index contributed by atoms with van der Waals surface area (Å²) in [4.78, 5) is 10.1. The molecule has 0 saturated heterocycles. The number of nitrogens with zero attached hydrogens (tertiary/aromatic N) is 2. The number of hydrogen-bond acceptors (Lipinski definition) is 3. The second kappa shape index (κ2) is 5.78. The second-order valence-corrected chi connectivity index (χ2v) is 13.2. The van der Waals surface area contributed by atoms with E-state index in [0.29, 0.717) is 0 Å². The fraction of sp³-hybridized carbons (Fsp3) is 0.500. The van der Waals surface area contributed by atoms with Gasteiger partial charge >= 0.3 is 0 Å².